The zero-order chi connectivity index (χ0) is 5.56. The van der Waals surface area contributed by atoms with E-state index in [1.807, 2.05) is 0 Å². The van der Waals surface area contributed by atoms with Gasteiger partial charge in [0, 0.05) is 12.6 Å². The summed E-state index contributed by atoms with van der Waals surface area (Å²) in [5.74, 6) is 0. The van der Waals surface area contributed by atoms with Gasteiger partial charge in [0.15, 0.2) is 0 Å². The average molecular weight is 131 g/mol. The van der Waals surface area contributed by atoms with Crippen molar-refractivity contribution in [2.24, 2.45) is 0 Å². The summed E-state index contributed by atoms with van der Waals surface area (Å²) in [5.41, 5.74) is 0. The fourth-order valence-electron chi connectivity index (χ4n) is 1.38. The molecule has 2 fully saturated rings. The van der Waals surface area contributed by atoms with Gasteiger partial charge in [-0.3, -0.25) is 0 Å². The van der Waals surface area contributed by atoms with Crippen LogP contribution < -0.4 is 0 Å². The highest BCUT2D eigenvalue weighted by atomic mass is 32.1. The molecule has 0 radical (unpaired) electrons. The zero-order valence-corrected chi connectivity index (χ0v) is 5.47. The Hall–Kier alpha value is 0.270. The van der Waals surface area contributed by atoms with Gasteiger partial charge in [-0.2, -0.15) is 0 Å². The number of hydrogen-bond donors (Lipinski definition) is 1. The number of thiol groups is 1. The maximum atomic E-state index is 5.33. The Morgan fingerprint density at radius 1 is 1.62 bits per heavy atom. The lowest BCUT2D eigenvalue weighted by Crippen LogP contribution is -2.29. The fraction of sp³-hybridized carbons (Fsp3) is 1.00. The van der Waals surface area contributed by atoms with Crippen molar-refractivity contribution >= 4 is 12.8 Å². The summed E-state index contributed by atoms with van der Waals surface area (Å²) in [5, 5.41) is 0. The van der Waals surface area contributed by atoms with Crippen LogP contribution in [0, 0.1) is 0 Å². The molecule has 8 heavy (non-hydrogen) atoms. The molecule has 0 aromatic heterocycles. The van der Waals surface area contributed by atoms with Crippen molar-refractivity contribution in [2.75, 3.05) is 13.2 Å². The van der Waals surface area contributed by atoms with Gasteiger partial charge in [-0.1, -0.05) is 12.8 Å². The first-order chi connectivity index (χ1) is 3.86. The van der Waals surface area contributed by atoms with Crippen molar-refractivity contribution in [3.63, 3.8) is 0 Å². The Labute approximate surface area is 54.4 Å². The molecule has 2 heterocycles. The van der Waals surface area contributed by atoms with Gasteiger partial charge in [0.05, 0.1) is 12.7 Å². The Morgan fingerprint density at radius 3 is 2.75 bits per heavy atom. The van der Waals surface area contributed by atoms with Gasteiger partial charge in [0.25, 0.3) is 0 Å². The van der Waals surface area contributed by atoms with Crippen LogP contribution in [-0.4, -0.2) is 29.6 Å². The number of ether oxygens (including phenoxy) is 1. The predicted octanol–water partition coefficient (Wildman–Crippen LogP) is 0.304. The molecule has 2 unspecified atom stereocenters. The summed E-state index contributed by atoms with van der Waals surface area (Å²) in [6.45, 7) is 1.92. The van der Waals surface area contributed by atoms with E-state index in [2.05, 4.69) is 17.1 Å². The van der Waals surface area contributed by atoms with Gasteiger partial charge in [0.1, 0.15) is 0 Å². The van der Waals surface area contributed by atoms with Crippen LogP contribution in [0.4, 0.5) is 0 Å². The van der Waals surface area contributed by atoms with Crippen molar-refractivity contribution in [3.8, 4) is 0 Å². The van der Waals surface area contributed by atoms with E-state index >= 15 is 0 Å². The van der Waals surface area contributed by atoms with Gasteiger partial charge in [0.2, 0.25) is 0 Å². The van der Waals surface area contributed by atoms with Crippen LogP contribution in [0.15, 0.2) is 0 Å². The molecule has 0 saturated carbocycles. The van der Waals surface area contributed by atoms with E-state index in [0.717, 1.165) is 13.2 Å². The molecule has 2 saturated heterocycles. The second-order valence-corrected chi connectivity index (χ2v) is 2.98. The quantitative estimate of drug-likeness (QED) is 0.475. The van der Waals surface area contributed by atoms with E-state index in [4.69, 9.17) is 4.74 Å². The van der Waals surface area contributed by atoms with E-state index < -0.39 is 0 Å². The lowest BCUT2D eigenvalue weighted by atomic mass is 10.3. The molecule has 2 bridgehead atoms. The molecule has 3 heteroatoms. The van der Waals surface area contributed by atoms with Gasteiger partial charge < -0.3 is 4.74 Å². The normalized spacial score (nSPS) is 46.1. The summed E-state index contributed by atoms with van der Waals surface area (Å²) in [6, 6.07) is 0.614. The molecule has 2 atom stereocenters. The van der Waals surface area contributed by atoms with Gasteiger partial charge in [-0.15, -0.1) is 0 Å². The van der Waals surface area contributed by atoms with Crippen LogP contribution in [0.1, 0.15) is 6.42 Å². The molecule has 0 aromatic rings. The first-order valence-electron chi connectivity index (χ1n) is 2.93. The second-order valence-electron chi connectivity index (χ2n) is 2.47. The van der Waals surface area contributed by atoms with Crippen LogP contribution in [0.5, 0.6) is 0 Å². The largest absolute Gasteiger partial charge is 0.375 e. The van der Waals surface area contributed by atoms with E-state index in [1.165, 1.54) is 6.42 Å². The molecule has 2 aliphatic heterocycles. The fourth-order valence-corrected chi connectivity index (χ4v) is 1.72. The average Bonchev–Trinajstić information content (AvgIpc) is 2.23. The highest BCUT2D eigenvalue weighted by Crippen LogP contribution is 2.28. The van der Waals surface area contributed by atoms with E-state index in [1.54, 1.807) is 0 Å². The molecule has 0 aliphatic carbocycles. The summed E-state index contributed by atoms with van der Waals surface area (Å²) in [6.07, 6.45) is 1.70. The third-order valence-corrected chi connectivity index (χ3v) is 2.36. The number of hydrogen-bond acceptors (Lipinski definition) is 3. The van der Waals surface area contributed by atoms with Crippen LogP contribution >= 0.6 is 12.8 Å². The highest BCUT2D eigenvalue weighted by molar-refractivity contribution is 7.77. The van der Waals surface area contributed by atoms with Crippen LogP contribution in [0.25, 0.3) is 0 Å². The second kappa shape index (κ2) is 1.62. The predicted molar refractivity (Wildman–Crippen MR) is 33.8 cm³/mol. The van der Waals surface area contributed by atoms with Gasteiger partial charge in [-0.05, 0) is 6.42 Å². The van der Waals surface area contributed by atoms with E-state index in [9.17, 15) is 0 Å². The van der Waals surface area contributed by atoms with E-state index in [0.29, 0.717) is 12.1 Å². The minimum Gasteiger partial charge on any atom is -0.375 e. The van der Waals surface area contributed by atoms with Crippen LogP contribution in [-0.2, 0) is 4.74 Å². The molecule has 0 amide bonds. The summed E-state index contributed by atoms with van der Waals surface area (Å²) in [4.78, 5) is 0. The molecular weight excluding hydrogens is 122 g/mol. The van der Waals surface area contributed by atoms with Crippen molar-refractivity contribution in [1.29, 1.82) is 0 Å². The summed E-state index contributed by atoms with van der Waals surface area (Å²) in [7, 11) is 0. The number of nitrogens with zero attached hydrogens (tertiary/aromatic N) is 1. The Bertz CT molecular complexity index is 107. The lowest BCUT2D eigenvalue weighted by Gasteiger charge is -2.19. The topological polar surface area (TPSA) is 12.5 Å². The number of rotatable bonds is 0. The molecule has 2 aliphatic rings. The molecule has 2 rings (SSSR count). The number of morpholine rings is 1. The molecular formula is C5H9NOS. The van der Waals surface area contributed by atoms with Gasteiger partial charge in [-0.25, -0.2) is 4.31 Å². The third-order valence-electron chi connectivity index (χ3n) is 1.87. The van der Waals surface area contributed by atoms with Crippen molar-refractivity contribution in [2.45, 2.75) is 18.6 Å². The number of fused-ring (bicyclic) bond motifs is 2. The van der Waals surface area contributed by atoms with Crippen molar-refractivity contribution < 1.29 is 4.74 Å². The van der Waals surface area contributed by atoms with Crippen LogP contribution in [0.3, 0.4) is 0 Å². The van der Waals surface area contributed by atoms with Crippen LogP contribution in [0.2, 0.25) is 0 Å². The molecule has 0 N–H and O–H groups in total. The minimum absolute atomic E-state index is 0.498. The highest BCUT2D eigenvalue weighted by Gasteiger charge is 2.37. The molecule has 0 aromatic carbocycles. The summed E-state index contributed by atoms with van der Waals surface area (Å²) < 4.78 is 7.41. The zero-order valence-electron chi connectivity index (χ0n) is 4.58. The molecule has 46 valence electrons. The van der Waals surface area contributed by atoms with Crippen molar-refractivity contribution in [3.05, 3.63) is 0 Å². The Kier molecular flexibility index (Phi) is 1.03. The standard InChI is InChI=1S/C5H9NOS/c8-6-2-5-1-4(6)3-7-5/h4-5,8H,1-3H2. The molecule has 0 spiro atoms. The van der Waals surface area contributed by atoms with Crippen molar-refractivity contribution in [1.82, 2.24) is 4.31 Å². The minimum atomic E-state index is 0.498. The monoisotopic (exact) mass is 131 g/mol. The smallest absolute Gasteiger partial charge is 0.0728 e. The third kappa shape index (κ3) is 0.584. The Morgan fingerprint density at radius 2 is 2.50 bits per heavy atom. The SMILES string of the molecule is SN1CC2CC1CO2. The lowest BCUT2D eigenvalue weighted by molar-refractivity contribution is 0.0650. The summed E-state index contributed by atoms with van der Waals surface area (Å²) >= 11 is 4.25. The maximum absolute atomic E-state index is 5.33. The molecule has 2 nitrogen and oxygen atoms in total. The Balaban J connectivity index is 2.11. The van der Waals surface area contributed by atoms with Gasteiger partial charge >= 0.3 is 0 Å². The van der Waals surface area contributed by atoms with E-state index in [-0.39, 0.29) is 0 Å². The maximum Gasteiger partial charge on any atom is 0.0728 e. The first kappa shape index (κ1) is 5.09. The first-order valence-corrected chi connectivity index (χ1v) is 3.33.